The minimum absolute atomic E-state index is 0.104. The van der Waals surface area contributed by atoms with Crippen molar-refractivity contribution in [3.63, 3.8) is 0 Å². The summed E-state index contributed by atoms with van der Waals surface area (Å²) in [6.45, 7) is 0. The van der Waals surface area contributed by atoms with E-state index in [1.807, 2.05) is 5.40 Å². The number of rotatable bonds is 3. The zero-order chi connectivity index (χ0) is 9.52. The first-order valence-electron chi connectivity index (χ1n) is 4.81. The summed E-state index contributed by atoms with van der Waals surface area (Å²) >= 11 is 1.11. The molecule has 1 saturated carbocycles. The van der Waals surface area contributed by atoms with E-state index in [0.717, 1.165) is 18.2 Å². The second-order valence-corrected chi connectivity index (χ2v) is 4.55. The fourth-order valence-electron chi connectivity index (χ4n) is 1.92. The van der Waals surface area contributed by atoms with Crippen molar-refractivity contribution in [2.24, 2.45) is 5.92 Å². The number of nitriles is 2. The third kappa shape index (κ3) is 3.70. The fourth-order valence-corrected chi connectivity index (χ4v) is 2.46. The van der Waals surface area contributed by atoms with Crippen LogP contribution in [0.15, 0.2) is 0 Å². The summed E-state index contributed by atoms with van der Waals surface area (Å²) in [6, 6.07) is 2.19. The van der Waals surface area contributed by atoms with Gasteiger partial charge in [-0.3, -0.25) is 0 Å². The fraction of sp³-hybridized carbons (Fsp3) is 0.800. The third-order valence-corrected chi connectivity index (χ3v) is 3.30. The number of nitrogens with zero attached hydrogens (tertiary/aromatic N) is 2. The molecule has 1 rings (SSSR count). The summed E-state index contributed by atoms with van der Waals surface area (Å²) < 4.78 is 0. The van der Waals surface area contributed by atoms with Crippen LogP contribution in [-0.2, 0) is 0 Å². The number of hydrogen-bond acceptors (Lipinski definition) is 3. The molecule has 0 radical (unpaired) electrons. The Hall–Kier alpha value is -0.670. The molecule has 1 unspecified atom stereocenters. The Morgan fingerprint density at radius 3 is 2.46 bits per heavy atom. The summed E-state index contributed by atoms with van der Waals surface area (Å²) in [6.07, 6.45) is 7.38. The Morgan fingerprint density at radius 1 is 1.23 bits per heavy atom. The minimum Gasteiger partial charge on any atom is -0.197 e. The normalized spacial score (nSPS) is 20.2. The van der Waals surface area contributed by atoms with Crippen LogP contribution >= 0.6 is 11.8 Å². The molecule has 0 aromatic rings. The molecule has 0 saturated heterocycles. The molecule has 1 aliphatic rings. The van der Waals surface area contributed by atoms with Crippen LogP contribution in [0.25, 0.3) is 0 Å². The molecule has 0 N–H and O–H groups in total. The lowest BCUT2D eigenvalue weighted by Crippen LogP contribution is -2.12. The largest absolute Gasteiger partial charge is 0.197 e. The van der Waals surface area contributed by atoms with Gasteiger partial charge in [0.05, 0.1) is 6.07 Å². The van der Waals surface area contributed by atoms with E-state index in [1.54, 1.807) is 0 Å². The van der Waals surface area contributed by atoms with Gasteiger partial charge in [-0.1, -0.05) is 32.1 Å². The standard InChI is InChI=1S/C10H14N2S/c11-7-10(13-8-12)6-9-4-2-1-3-5-9/h9-10H,1-6H2. The predicted octanol–water partition coefficient (Wildman–Crippen LogP) is 3.06. The van der Waals surface area contributed by atoms with Crippen LogP contribution in [0.5, 0.6) is 0 Å². The molecule has 3 heteroatoms. The maximum Gasteiger partial charge on any atom is 0.134 e. The lowest BCUT2D eigenvalue weighted by atomic mass is 9.86. The monoisotopic (exact) mass is 194 g/mol. The second-order valence-electron chi connectivity index (χ2n) is 3.57. The molecule has 0 aromatic carbocycles. The molecule has 0 amide bonds. The Bertz CT molecular complexity index is 220. The molecule has 0 aromatic heterocycles. The SMILES string of the molecule is N#CSC(C#N)CC1CCCCC1. The van der Waals surface area contributed by atoms with Crippen molar-refractivity contribution in [1.29, 1.82) is 10.5 Å². The Labute approximate surface area is 83.9 Å². The van der Waals surface area contributed by atoms with Crippen molar-refractivity contribution in [3.05, 3.63) is 0 Å². The van der Waals surface area contributed by atoms with E-state index in [0.29, 0.717) is 5.92 Å². The van der Waals surface area contributed by atoms with Crippen LogP contribution in [0.3, 0.4) is 0 Å². The summed E-state index contributed by atoms with van der Waals surface area (Å²) in [7, 11) is 0. The molecule has 0 heterocycles. The number of hydrogen-bond donors (Lipinski definition) is 0. The van der Waals surface area contributed by atoms with Crippen LogP contribution in [0.1, 0.15) is 38.5 Å². The van der Waals surface area contributed by atoms with Crippen LogP contribution < -0.4 is 0 Å². The highest BCUT2D eigenvalue weighted by atomic mass is 32.2. The van der Waals surface area contributed by atoms with Crippen molar-refractivity contribution in [1.82, 2.24) is 0 Å². The van der Waals surface area contributed by atoms with E-state index in [1.165, 1.54) is 32.1 Å². The van der Waals surface area contributed by atoms with Gasteiger partial charge in [-0.05, 0) is 24.1 Å². The van der Waals surface area contributed by atoms with Gasteiger partial charge in [0.2, 0.25) is 0 Å². The maximum atomic E-state index is 8.77. The molecule has 13 heavy (non-hydrogen) atoms. The van der Waals surface area contributed by atoms with Gasteiger partial charge in [-0.15, -0.1) is 0 Å². The summed E-state index contributed by atoms with van der Waals surface area (Å²) in [5.74, 6) is 0.694. The Kier molecular flexibility index (Phi) is 4.72. The molecule has 2 nitrogen and oxygen atoms in total. The highest BCUT2D eigenvalue weighted by Crippen LogP contribution is 2.30. The van der Waals surface area contributed by atoms with E-state index in [4.69, 9.17) is 10.5 Å². The molecule has 1 aliphatic carbocycles. The van der Waals surface area contributed by atoms with Gasteiger partial charge >= 0.3 is 0 Å². The van der Waals surface area contributed by atoms with Crippen LogP contribution in [0, 0.1) is 27.9 Å². The average Bonchev–Trinajstić information content (AvgIpc) is 2.19. The van der Waals surface area contributed by atoms with E-state index >= 15 is 0 Å². The Balaban J connectivity index is 2.29. The first-order valence-corrected chi connectivity index (χ1v) is 5.69. The van der Waals surface area contributed by atoms with Gasteiger partial charge < -0.3 is 0 Å². The molecule has 0 aliphatic heterocycles. The lowest BCUT2D eigenvalue weighted by molar-refractivity contribution is 0.344. The summed E-state index contributed by atoms with van der Waals surface area (Å²) in [5.41, 5.74) is 0. The number of thioether (sulfide) groups is 1. The topological polar surface area (TPSA) is 47.6 Å². The smallest absolute Gasteiger partial charge is 0.134 e. The molecular formula is C10H14N2S. The van der Waals surface area contributed by atoms with Gasteiger partial charge in [-0.25, -0.2) is 0 Å². The van der Waals surface area contributed by atoms with Crippen molar-refractivity contribution < 1.29 is 0 Å². The highest BCUT2D eigenvalue weighted by molar-refractivity contribution is 8.04. The van der Waals surface area contributed by atoms with Crippen LogP contribution in [-0.4, -0.2) is 5.25 Å². The third-order valence-electron chi connectivity index (χ3n) is 2.61. The van der Waals surface area contributed by atoms with Crippen molar-refractivity contribution in [3.8, 4) is 11.5 Å². The lowest BCUT2D eigenvalue weighted by Gasteiger charge is -2.22. The molecular weight excluding hydrogens is 180 g/mol. The highest BCUT2D eigenvalue weighted by Gasteiger charge is 2.18. The maximum absolute atomic E-state index is 8.77. The average molecular weight is 194 g/mol. The quantitative estimate of drug-likeness (QED) is 0.649. The Morgan fingerprint density at radius 2 is 1.92 bits per heavy atom. The molecule has 0 bridgehead atoms. The van der Waals surface area contributed by atoms with Crippen molar-refractivity contribution in [2.45, 2.75) is 43.8 Å². The van der Waals surface area contributed by atoms with Gasteiger partial charge in [0, 0.05) is 0 Å². The van der Waals surface area contributed by atoms with Gasteiger partial charge in [0.25, 0.3) is 0 Å². The molecule has 1 atom stereocenters. The van der Waals surface area contributed by atoms with E-state index in [-0.39, 0.29) is 5.25 Å². The van der Waals surface area contributed by atoms with E-state index < -0.39 is 0 Å². The van der Waals surface area contributed by atoms with E-state index in [2.05, 4.69) is 6.07 Å². The molecule has 70 valence electrons. The van der Waals surface area contributed by atoms with Crippen molar-refractivity contribution >= 4 is 11.8 Å². The molecule has 1 fully saturated rings. The zero-order valence-corrected chi connectivity index (χ0v) is 8.52. The zero-order valence-electron chi connectivity index (χ0n) is 7.70. The van der Waals surface area contributed by atoms with Gasteiger partial charge in [-0.2, -0.15) is 10.5 Å². The number of thiocyanates is 1. The first kappa shape index (κ1) is 10.4. The summed E-state index contributed by atoms with van der Waals surface area (Å²) in [5, 5.41) is 19.1. The predicted molar refractivity (Wildman–Crippen MR) is 53.8 cm³/mol. The second kappa shape index (κ2) is 5.89. The van der Waals surface area contributed by atoms with Crippen LogP contribution in [0.4, 0.5) is 0 Å². The first-order chi connectivity index (χ1) is 6.36. The van der Waals surface area contributed by atoms with Gasteiger partial charge in [0.15, 0.2) is 0 Å². The van der Waals surface area contributed by atoms with Crippen LogP contribution in [0.2, 0.25) is 0 Å². The minimum atomic E-state index is -0.104. The molecule has 0 spiro atoms. The van der Waals surface area contributed by atoms with Gasteiger partial charge in [0.1, 0.15) is 10.7 Å². The van der Waals surface area contributed by atoms with Crippen molar-refractivity contribution in [2.75, 3.05) is 0 Å². The summed E-state index contributed by atoms with van der Waals surface area (Å²) in [4.78, 5) is 0. The van der Waals surface area contributed by atoms with E-state index in [9.17, 15) is 0 Å².